The van der Waals surface area contributed by atoms with Crippen molar-refractivity contribution in [1.82, 2.24) is 13.9 Å². The summed E-state index contributed by atoms with van der Waals surface area (Å²) in [5.41, 5.74) is 0.414. The Balaban J connectivity index is 1.93. The summed E-state index contributed by atoms with van der Waals surface area (Å²) < 4.78 is 5.85. The molecule has 16 heavy (non-hydrogen) atoms. The molecule has 0 saturated carbocycles. The molecule has 2 aromatic rings. The molecule has 0 saturated heterocycles. The molecule has 0 radical (unpaired) electrons. The van der Waals surface area contributed by atoms with E-state index in [0.29, 0.717) is 17.1 Å². The van der Waals surface area contributed by atoms with Crippen LogP contribution < -0.4 is 5.32 Å². The lowest BCUT2D eigenvalue weighted by Gasteiger charge is -2.03. The number of nitrogens with one attached hydrogen (secondary N) is 1. The minimum absolute atomic E-state index is 0.262. The maximum atomic E-state index is 8.85. The van der Waals surface area contributed by atoms with Crippen LogP contribution in [0.4, 0.5) is 5.00 Å². The van der Waals surface area contributed by atoms with Crippen LogP contribution in [-0.4, -0.2) is 20.5 Å². The first kappa shape index (κ1) is 10.9. The summed E-state index contributed by atoms with van der Waals surface area (Å²) in [6, 6.07) is 2.02. The third kappa shape index (κ3) is 2.32. The zero-order valence-corrected chi connectivity index (χ0v) is 9.79. The van der Waals surface area contributed by atoms with E-state index in [2.05, 4.69) is 14.7 Å². The Morgan fingerprint density at radius 1 is 1.62 bits per heavy atom. The van der Waals surface area contributed by atoms with Crippen molar-refractivity contribution in [3.63, 3.8) is 0 Å². The van der Waals surface area contributed by atoms with Gasteiger partial charge >= 0.3 is 0 Å². The van der Waals surface area contributed by atoms with Gasteiger partial charge in [0.05, 0.1) is 6.33 Å². The summed E-state index contributed by atoms with van der Waals surface area (Å²) in [7, 11) is 0. The number of halogens is 1. The smallest absolute Gasteiger partial charge is 0.162 e. The van der Waals surface area contributed by atoms with Gasteiger partial charge in [-0.2, -0.15) is 9.64 Å². The lowest BCUT2D eigenvalue weighted by atomic mass is 10.4. The van der Waals surface area contributed by atoms with Gasteiger partial charge in [-0.1, -0.05) is 11.6 Å². The Labute approximate surface area is 101 Å². The van der Waals surface area contributed by atoms with E-state index in [1.54, 1.807) is 12.5 Å². The highest BCUT2D eigenvalue weighted by atomic mass is 35.5. The van der Waals surface area contributed by atoms with Crippen LogP contribution in [0, 0.1) is 11.3 Å². The monoisotopic (exact) mass is 253 g/mol. The molecule has 82 valence electrons. The number of nitriles is 1. The van der Waals surface area contributed by atoms with Gasteiger partial charge in [-0.3, -0.25) is 0 Å². The van der Waals surface area contributed by atoms with Gasteiger partial charge in [0.1, 0.15) is 16.6 Å². The number of anilines is 1. The molecule has 0 fully saturated rings. The van der Waals surface area contributed by atoms with Gasteiger partial charge in [0.2, 0.25) is 0 Å². The molecule has 0 unspecified atom stereocenters. The van der Waals surface area contributed by atoms with E-state index in [-0.39, 0.29) is 5.15 Å². The fraction of sp³-hybridized carbons (Fsp3) is 0.222. The van der Waals surface area contributed by atoms with Crippen LogP contribution in [0.2, 0.25) is 5.15 Å². The molecule has 0 amide bonds. The van der Waals surface area contributed by atoms with E-state index < -0.39 is 0 Å². The van der Waals surface area contributed by atoms with Crippen molar-refractivity contribution in [2.24, 2.45) is 0 Å². The van der Waals surface area contributed by atoms with Gasteiger partial charge in [-0.15, -0.1) is 0 Å². The van der Waals surface area contributed by atoms with Crippen molar-refractivity contribution >= 4 is 28.1 Å². The van der Waals surface area contributed by atoms with E-state index >= 15 is 0 Å². The van der Waals surface area contributed by atoms with Crippen molar-refractivity contribution in [2.45, 2.75) is 6.54 Å². The van der Waals surface area contributed by atoms with Gasteiger partial charge < -0.3 is 9.88 Å². The Morgan fingerprint density at radius 2 is 2.50 bits per heavy atom. The summed E-state index contributed by atoms with van der Waals surface area (Å²) in [6.07, 6.45) is 5.35. The van der Waals surface area contributed by atoms with Crippen molar-refractivity contribution < 1.29 is 0 Å². The first-order valence-corrected chi connectivity index (χ1v) is 5.71. The molecule has 2 rings (SSSR count). The topological polar surface area (TPSA) is 66.5 Å². The highest BCUT2D eigenvalue weighted by Crippen LogP contribution is 2.27. The van der Waals surface area contributed by atoms with Crippen LogP contribution >= 0.6 is 23.1 Å². The van der Waals surface area contributed by atoms with Crippen LogP contribution in [0.15, 0.2) is 18.7 Å². The van der Waals surface area contributed by atoms with E-state index in [4.69, 9.17) is 16.9 Å². The molecular formula is C9H8ClN5S. The van der Waals surface area contributed by atoms with Crippen molar-refractivity contribution in [3.8, 4) is 6.07 Å². The highest BCUT2D eigenvalue weighted by molar-refractivity contribution is 7.10. The average molecular weight is 254 g/mol. The van der Waals surface area contributed by atoms with Crippen LogP contribution in [0.3, 0.4) is 0 Å². The lowest BCUT2D eigenvalue weighted by molar-refractivity contribution is 0.728. The minimum atomic E-state index is 0.262. The van der Waals surface area contributed by atoms with Crippen LogP contribution in [-0.2, 0) is 6.54 Å². The molecule has 5 nitrogen and oxygen atoms in total. The normalized spacial score (nSPS) is 10.0. The third-order valence-electron chi connectivity index (χ3n) is 1.98. The van der Waals surface area contributed by atoms with Crippen molar-refractivity contribution in [3.05, 3.63) is 29.4 Å². The summed E-state index contributed by atoms with van der Waals surface area (Å²) in [5.74, 6) is 0. The zero-order chi connectivity index (χ0) is 11.4. The number of hydrogen-bond donors (Lipinski definition) is 1. The van der Waals surface area contributed by atoms with Gasteiger partial charge in [0, 0.05) is 25.5 Å². The summed E-state index contributed by atoms with van der Waals surface area (Å²) in [5, 5.41) is 12.9. The molecule has 2 heterocycles. The summed E-state index contributed by atoms with van der Waals surface area (Å²) in [4.78, 5) is 3.94. The Morgan fingerprint density at radius 3 is 3.19 bits per heavy atom. The maximum Gasteiger partial charge on any atom is 0.162 e. The van der Waals surface area contributed by atoms with Gasteiger partial charge in [0.15, 0.2) is 5.15 Å². The SMILES string of the molecule is N#Cc1c(Cl)nsc1NCCn1ccnc1. The van der Waals surface area contributed by atoms with Crippen LogP contribution in [0.1, 0.15) is 5.56 Å². The van der Waals surface area contributed by atoms with E-state index in [1.807, 2.05) is 16.8 Å². The number of nitrogens with zero attached hydrogens (tertiary/aromatic N) is 4. The van der Waals surface area contributed by atoms with E-state index in [9.17, 15) is 0 Å². The second-order valence-electron chi connectivity index (χ2n) is 3.02. The number of imidazole rings is 1. The predicted octanol–water partition coefficient (Wildman–Crippen LogP) is 1.98. The van der Waals surface area contributed by atoms with Gasteiger partial charge in [0.25, 0.3) is 0 Å². The molecule has 0 bridgehead atoms. The molecule has 0 aliphatic heterocycles. The minimum Gasteiger partial charge on any atom is -0.373 e. The molecule has 0 spiro atoms. The standard InChI is InChI=1S/C9H8ClN5S/c10-8-7(5-11)9(16-14-8)13-2-4-15-3-1-12-6-15/h1,3,6,13H,2,4H2. The Hall–Kier alpha value is -1.58. The Bertz CT molecular complexity index is 498. The molecule has 1 N–H and O–H groups in total. The van der Waals surface area contributed by atoms with Gasteiger partial charge in [-0.25, -0.2) is 4.98 Å². The Kier molecular flexibility index (Phi) is 3.39. The fourth-order valence-electron chi connectivity index (χ4n) is 1.21. The molecular weight excluding hydrogens is 246 g/mol. The van der Waals surface area contributed by atoms with E-state index in [1.165, 1.54) is 11.5 Å². The maximum absolute atomic E-state index is 8.85. The zero-order valence-electron chi connectivity index (χ0n) is 8.22. The fourth-order valence-corrected chi connectivity index (χ4v) is 2.17. The number of hydrogen-bond acceptors (Lipinski definition) is 5. The number of rotatable bonds is 4. The van der Waals surface area contributed by atoms with Crippen LogP contribution in [0.5, 0.6) is 0 Å². The van der Waals surface area contributed by atoms with Crippen LogP contribution in [0.25, 0.3) is 0 Å². The molecule has 2 aromatic heterocycles. The molecule has 0 atom stereocenters. The first-order valence-electron chi connectivity index (χ1n) is 4.56. The molecule has 7 heteroatoms. The highest BCUT2D eigenvalue weighted by Gasteiger charge is 2.10. The average Bonchev–Trinajstić information content (AvgIpc) is 2.89. The summed E-state index contributed by atoms with van der Waals surface area (Å²) >= 11 is 6.94. The first-order chi connectivity index (χ1) is 7.81. The van der Waals surface area contributed by atoms with E-state index in [0.717, 1.165) is 6.54 Å². The van der Waals surface area contributed by atoms with Crippen molar-refractivity contribution in [1.29, 1.82) is 5.26 Å². The summed E-state index contributed by atoms with van der Waals surface area (Å²) in [6.45, 7) is 1.48. The lowest BCUT2D eigenvalue weighted by Crippen LogP contribution is -2.08. The predicted molar refractivity (Wildman–Crippen MR) is 62.6 cm³/mol. The molecule has 0 aromatic carbocycles. The quantitative estimate of drug-likeness (QED) is 0.905. The second kappa shape index (κ2) is 4.96. The van der Waals surface area contributed by atoms with Gasteiger partial charge in [-0.05, 0) is 11.5 Å². The molecule has 0 aliphatic rings. The third-order valence-corrected chi connectivity index (χ3v) is 3.16. The second-order valence-corrected chi connectivity index (χ2v) is 4.15. The molecule has 0 aliphatic carbocycles. The largest absolute Gasteiger partial charge is 0.373 e. The van der Waals surface area contributed by atoms with Crippen molar-refractivity contribution in [2.75, 3.05) is 11.9 Å². The number of aromatic nitrogens is 3.